The number of hydrogen-bond acceptors (Lipinski definition) is 20. The number of H-pyrrole nitrogens is 1. The molecule has 4 aromatic heterocycles. The number of aromatic amines is 1. The van der Waals surface area contributed by atoms with Gasteiger partial charge in [-0.1, -0.05) is 226 Å². The minimum absolute atomic E-state index is 0. The van der Waals surface area contributed by atoms with Gasteiger partial charge in [0.2, 0.25) is 5.56 Å². The summed E-state index contributed by atoms with van der Waals surface area (Å²) < 4.78 is 63.2. The number of carbonyl (C=O) groups excluding carboxylic acids is 5. The van der Waals surface area contributed by atoms with E-state index in [1.54, 1.807) is 175 Å². The summed E-state index contributed by atoms with van der Waals surface area (Å²) in [6, 6.07) is 62.1. The summed E-state index contributed by atoms with van der Waals surface area (Å²) in [6.45, 7) is 22.1. The second-order valence-electron chi connectivity index (χ2n) is 33.7. The zero-order valence-electron chi connectivity index (χ0n) is 78.8. The Kier molecular flexibility index (Phi) is 51.5. The molecule has 12 rings (SSSR count). The number of hydrogen-bond donors (Lipinski definition) is 8. The number of amides is 4. The van der Waals surface area contributed by atoms with Crippen molar-refractivity contribution < 1.29 is 137 Å². The van der Waals surface area contributed by atoms with E-state index in [1.165, 1.54) is 33.5 Å². The van der Waals surface area contributed by atoms with Crippen molar-refractivity contribution in [1.82, 2.24) is 40.0 Å². The number of alkyl halides is 2. The fourth-order valence-corrected chi connectivity index (χ4v) is 17.6. The molecule has 0 aliphatic heterocycles. The van der Waals surface area contributed by atoms with Crippen molar-refractivity contribution in [1.29, 1.82) is 0 Å². The van der Waals surface area contributed by atoms with Crippen LogP contribution in [-0.2, 0) is 86.7 Å². The van der Waals surface area contributed by atoms with Gasteiger partial charge in [-0.05, 0) is 223 Å². The van der Waals surface area contributed by atoms with Crippen molar-refractivity contribution in [2.75, 3.05) is 6.07 Å². The first-order chi connectivity index (χ1) is 65.6. The maximum atomic E-state index is 13.2. The molecule has 754 valence electrons. The fourth-order valence-electron chi connectivity index (χ4n) is 11.8. The number of ether oxygens (including phenoxy) is 1. The molecule has 9 N–H and O–H groups in total. The monoisotopic (exact) mass is 2250 g/mol. The SMILES string of the molecule is CC(C)(C)OP(=O)(OCn1ccc(-c2ccc(CNC(=O)c3c(Cl)cccc3Cl)cc2)cc1=O)OC(C)(C)C.CC(C)(C)O[PH+](O)OC(C)(C)C.O=C(Cl)OCCl.O=C(NCc1ccc(-c2cc[nH]c(=O)c2)cc1)c1c(Cl)cccc1Cl.O=C(NCc1ccc(-c2ccn(CCl)c(=O)c2)cc1)c1c(Cl)cccc1Cl.O=C(NCc1ccc(-c2ccn(COP(=O)(O)O)c(=O)c2)cc1)c1c(Cl)cccc1Cl.[K+].[OH-]. The zero-order chi connectivity index (χ0) is 104. The van der Waals surface area contributed by atoms with Gasteiger partial charge in [0, 0.05) is 86.8 Å². The Bertz CT molecular complexity index is 6510. The number of benzene rings is 8. The molecule has 0 aliphatic rings. The summed E-state index contributed by atoms with van der Waals surface area (Å²) in [4.78, 5) is 137. The third-order valence-electron chi connectivity index (χ3n) is 18.1. The van der Waals surface area contributed by atoms with Crippen molar-refractivity contribution in [2.24, 2.45) is 0 Å². The van der Waals surface area contributed by atoms with Crippen LogP contribution in [-0.4, -0.2) is 96.4 Å². The molecule has 4 amide bonds. The van der Waals surface area contributed by atoms with E-state index in [0.29, 0.717) is 44.3 Å². The van der Waals surface area contributed by atoms with Crippen LogP contribution in [0.15, 0.2) is 262 Å². The Morgan fingerprint density at radius 3 is 0.859 bits per heavy atom. The van der Waals surface area contributed by atoms with Gasteiger partial charge in [-0.25, -0.2) is 13.9 Å². The number of nitrogens with zero attached hydrogens (tertiary/aromatic N) is 3. The fraction of sp³-hybridized carbons (Fsp3) is 0.247. The molecular formula is C97H102Cl11KN8O22P3+. The van der Waals surface area contributed by atoms with E-state index in [9.17, 15) is 57.2 Å². The molecule has 0 spiro atoms. The zero-order valence-corrected chi connectivity index (χ0v) is 93.0. The molecule has 30 nitrogen and oxygen atoms in total. The van der Waals surface area contributed by atoms with Crippen LogP contribution < -0.4 is 94.9 Å². The topological polar surface area (TPSA) is 422 Å². The van der Waals surface area contributed by atoms with Crippen LogP contribution in [0.5, 0.6) is 0 Å². The Balaban J connectivity index is 0.000000316. The van der Waals surface area contributed by atoms with Crippen LogP contribution in [0.4, 0.5) is 4.79 Å². The number of aromatic nitrogens is 4. The average molecular weight is 2250 g/mol. The van der Waals surface area contributed by atoms with Crippen LogP contribution >= 0.6 is 152 Å². The third kappa shape index (κ3) is 43.7. The first-order valence-electron chi connectivity index (χ1n) is 41.9. The minimum atomic E-state index is -4.67. The van der Waals surface area contributed by atoms with Gasteiger partial charge in [-0.3, -0.25) is 65.6 Å². The summed E-state index contributed by atoms with van der Waals surface area (Å²) in [6.07, 6.45) is 6.21. The van der Waals surface area contributed by atoms with Gasteiger partial charge in [0.05, 0.1) is 73.6 Å². The molecule has 0 radical (unpaired) electrons. The number of pyridine rings is 4. The van der Waals surface area contributed by atoms with Crippen LogP contribution in [0.3, 0.4) is 0 Å². The Hall–Kier alpha value is -7.77. The predicted molar refractivity (Wildman–Crippen MR) is 558 cm³/mol. The van der Waals surface area contributed by atoms with Gasteiger partial charge >= 0.3 is 81.1 Å². The number of phosphoric ester groups is 2. The first kappa shape index (κ1) is 125. The molecule has 0 atom stereocenters. The van der Waals surface area contributed by atoms with E-state index in [4.69, 9.17) is 148 Å². The number of nitrogens with one attached hydrogen (secondary N) is 5. The summed E-state index contributed by atoms with van der Waals surface area (Å²) in [5.41, 5.74) is 6.57. The molecule has 8 aromatic carbocycles. The standard InChI is InChI=1S/C28H33Cl2N2O6P.C20H15Cl3N2O2.C20H17Cl2N2O6P.C19H14Cl2N2O2.C8H20O3P.C2H2Cl2O2.K.H2O/c1-27(2,3)37-39(35,38-28(4,5)6)36-18-32-15-14-21(16-24(32)33)20-12-10-19(11-13-20)17-31-26(34)25-22(29)8-7-9-23(25)30;21-12-25-9-8-15(10-18(25)26)14-6-4-13(5-7-14)11-24-20(27)19-16(22)2-1-3-17(19)23;21-16-2-1-3-17(22)19(16)20(26)23-11-13-4-6-14(7-5-13)15-8-9-24(18(25)10-15)12-30-31(27,28)29;20-15-2-1-3-16(21)18(15)19(25)23-11-12-4-6-13(7-5-12)14-8-9-22-17(24)10-14;1-7(2,3)10-12(9)11-8(4,5)6;3-1-6-2(4)5;;/h7-16H,17-18H2,1-6H3,(H,31,34);1-10H,11-12H2,(H,24,27);1-10H,11-12H2,(H,23,26)(H2,27,28,29);1-10H,11H2,(H,22,24)(H,23,25);9,12H,1-6H3;1H2;;1H2/q;;;;+1;;+1;/p-1. The van der Waals surface area contributed by atoms with Crippen molar-refractivity contribution in [3.05, 3.63) is 369 Å². The molecular weight excluding hydrogens is 2150 g/mol. The molecule has 0 aliphatic carbocycles. The largest absolute Gasteiger partial charge is 1.00 e. The predicted octanol–water partition coefficient (Wildman–Crippen LogP) is 21.5. The molecule has 0 bridgehead atoms. The van der Waals surface area contributed by atoms with Gasteiger partial charge < -0.3 is 50.8 Å². The minimum Gasteiger partial charge on any atom is -0.870 e. The second-order valence-corrected chi connectivity index (χ2v) is 41.4. The summed E-state index contributed by atoms with van der Waals surface area (Å²) in [5.74, 6) is -1.42. The number of phosphoric acid groups is 2. The van der Waals surface area contributed by atoms with E-state index in [1.807, 2.05) is 126 Å². The van der Waals surface area contributed by atoms with Gasteiger partial charge in [0.1, 0.15) is 30.7 Å². The van der Waals surface area contributed by atoms with Crippen LogP contribution in [0, 0.1) is 0 Å². The molecule has 45 heteroatoms. The van der Waals surface area contributed by atoms with Crippen LogP contribution in [0.25, 0.3) is 44.5 Å². The summed E-state index contributed by atoms with van der Waals surface area (Å²) >= 11 is 63.6. The van der Waals surface area contributed by atoms with Gasteiger partial charge in [-0.2, -0.15) is 13.9 Å². The van der Waals surface area contributed by atoms with Gasteiger partial charge in [-0.15, -0.1) is 11.6 Å². The van der Waals surface area contributed by atoms with Crippen molar-refractivity contribution in [3.8, 4) is 44.5 Å². The smallest absolute Gasteiger partial charge is 0.870 e. The maximum Gasteiger partial charge on any atom is 1.00 e. The van der Waals surface area contributed by atoms with E-state index in [-0.39, 0.29) is 183 Å². The van der Waals surface area contributed by atoms with Crippen LogP contribution in [0.2, 0.25) is 40.2 Å². The van der Waals surface area contributed by atoms with E-state index in [2.05, 4.69) is 47.1 Å². The summed E-state index contributed by atoms with van der Waals surface area (Å²) in [5, 5.41) is 13.5. The molecule has 12 aromatic rings. The number of carbonyl (C=O) groups is 5. The maximum absolute atomic E-state index is 13.2. The molecule has 4 heterocycles. The number of halogens is 11. The summed E-state index contributed by atoms with van der Waals surface area (Å²) in [7, 11) is -10.7. The molecule has 0 saturated heterocycles. The van der Waals surface area contributed by atoms with Crippen molar-refractivity contribution >= 4 is 181 Å². The van der Waals surface area contributed by atoms with E-state index >= 15 is 0 Å². The van der Waals surface area contributed by atoms with Crippen LogP contribution in [0.1, 0.15) is 147 Å². The van der Waals surface area contributed by atoms with Gasteiger partial charge in [0.15, 0.2) is 6.07 Å². The Morgan fingerprint density at radius 2 is 0.641 bits per heavy atom. The Labute approximate surface area is 919 Å². The van der Waals surface area contributed by atoms with Gasteiger partial charge in [0.25, 0.3) is 40.3 Å². The molecule has 0 fully saturated rings. The Morgan fingerprint density at radius 1 is 0.380 bits per heavy atom. The van der Waals surface area contributed by atoms with Crippen molar-refractivity contribution in [2.45, 2.75) is 151 Å². The number of rotatable bonds is 28. The normalized spacial score (nSPS) is 11.3. The van der Waals surface area contributed by atoms with E-state index in [0.717, 1.165) is 60.2 Å². The second kappa shape index (κ2) is 58.7. The first-order valence-corrected chi connectivity index (χ1v) is 50.6. The average Bonchev–Trinajstić information content (AvgIpc) is 0.821. The van der Waals surface area contributed by atoms with E-state index < -0.39 is 53.2 Å². The molecule has 0 unspecified atom stereocenters. The molecule has 142 heavy (non-hydrogen) atoms. The quantitative estimate of drug-likeness (QED) is 0.00977. The molecule has 0 saturated carbocycles. The van der Waals surface area contributed by atoms with Crippen molar-refractivity contribution in [3.63, 3.8) is 0 Å². The third-order valence-corrected chi connectivity index (χ3v) is 25.1.